The second kappa shape index (κ2) is 1.36. The summed E-state index contributed by atoms with van der Waals surface area (Å²) >= 11 is 5.69. The Bertz CT molecular complexity index is 76.1. The van der Waals surface area contributed by atoms with Crippen molar-refractivity contribution in [2.24, 2.45) is 5.73 Å². The summed E-state index contributed by atoms with van der Waals surface area (Å²) in [7, 11) is 0. The minimum Gasteiger partial charge on any atom is -0.324 e. The van der Waals surface area contributed by atoms with Gasteiger partial charge in [0.25, 0.3) is 0 Å². The third-order valence-corrected chi connectivity index (χ3v) is 2.05. The molecule has 0 bridgehead atoms. The Labute approximate surface area is 48.8 Å². The van der Waals surface area contributed by atoms with E-state index in [0.29, 0.717) is 0 Å². The Morgan fingerprint density at radius 1 is 1.71 bits per heavy atom. The van der Waals surface area contributed by atoms with Gasteiger partial charge in [-0.3, -0.25) is 0 Å². The molecule has 0 aromatic rings. The predicted molar refractivity (Wildman–Crippen MR) is 31.5 cm³/mol. The molecule has 1 saturated carbocycles. The highest BCUT2D eigenvalue weighted by molar-refractivity contribution is 6.21. The van der Waals surface area contributed by atoms with Crippen LogP contribution in [0.15, 0.2) is 0 Å². The zero-order valence-electron chi connectivity index (χ0n) is 4.45. The van der Waals surface area contributed by atoms with Gasteiger partial charge in [0.05, 0.1) is 0 Å². The van der Waals surface area contributed by atoms with E-state index in [0.717, 1.165) is 12.8 Å². The Morgan fingerprint density at radius 3 is 2.14 bits per heavy atom. The van der Waals surface area contributed by atoms with Crippen LogP contribution in [0.5, 0.6) is 0 Å². The third-order valence-electron chi connectivity index (χ3n) is 1.62. The molecule has 0 saturated heterocycles. The van der Waals surface area contributed by atoms with E-state index in [1.165, 1.54) is 0 Å². The van der Waals surface area contributed by atoms with Crippen molar-refractivity contribution >= 4 is 11.6 Å². The van der Waals surface area contributed by atoms with Crippen molar-refractivity contribution < 1.29 is 0 Å². The highest BCUT2D eigenvalue weighted by Gasteiger charge is 2.42. The van der Waals surface area contributed by atoms with E-state index in [9.17, 15) is 0 Å². The number of halogens is 1. The van der Waals surface area contributed by atoms with E-state index >= 15 is 0 Å². The monoisotopic (exact) mass is 119 g/mol. The SMILES string of the molecule is CC(Cl)C1(N)CC1. The fourth-order valence-electron chi connectivity index (χ4n) is 0.542. The number of rotatable bonds is 1. The maximum Gasteiger partial charge on any atom is 0.0487 e. The lowest BCUT2D eigenvalue weighted by Gasteiger charge is -2.08. The number of alkyl halides is 1. The van der Waals surface area contributed by atoms with Gasteiger partial charge in [-0.2, -0.15) is 0 Å². The lowest BCUT2D eigenvalue weighted by molar-refractivity contribution is 0.659. The van der Waals surface area contributed by atoms with Gasteiger partial charge in [-0.1, -0.05) is 0 Å². The van der Waals surface area contributed by atoms with Crippen LogP contribution in [-0.2, 0) is 0 Å². The minimum absolute atomic E-state index is 0.0154. The molecule has 1 rings (SSSR count). The molecule has 2 heteroatoms. The highest BCUT2D eigenvalue weighted by atomic mass is 35.5. The summed E-state index contributed by atoms with van der Waals surface area (Å²) < 4.78 is 0. The van der Waals surface area contributed by atoms with Crippen LogP contribution in [0.4, 0.5) is 0 Å². The first-order valence-corrected chi connectivity index (χ1v) is 3.02. The molecule has 0 aromatic carbocycles. The largest absolute Gasteiger partial charge is 0.324 e. The molecule has 1 nitrogen and oxygen atoms in total. The molecule has 7 heavy (non-hydrogen) atoms. The van der Waals surface area contributed by atoms with Crippen molar-refractivity contribution in [1.29, 1.82) is 0 Å². The second-order valence-electron chi connectivity index (χ2n) is 2.35. The topological polar surface area (TPSA) is 26.0 Å². The average Bonchev–Trinajstić information content (AvgIpc) is 2.21. The van der Waals surface area contributed by atoms with Crippen LogP contribution in [0.1, 0.15) is 19.8 Å². The van der Waals surface area contributed by atoms with Crippen molar-refractivity contribution in [3.8, 4) is 0 Å². The first-order chi connectivity index (χ1) is 3.15. The van der Waals surface area contributed by atoms with Crippen LogP contribution in [0.3, 0.4) is 0 Å². The zero-order chi connectivity index (χ0) is 5.49. The molecule has 42 valence electrons. The Morgan fingerprint density at radius 2 is 2.14 bits per heavy atom. The smallest absolute Gasteiger partial charge is 0.0487 e. The summed E-state index contributed by atoms with van der Waals surface area (Å²) in [6, 6.07) is 0. The molecule has 1 aliphatic rings. The number of hydrogen-bond donors (Lipinski definition) is 1. The Kier molecular flexibility index (Phi) is 1.05. The molecule has 0 spiro atoms. The fourth-order valence-corrected chi connectivity index (χ4v) is 0.760. The normalized spacial score (nSPS) is 29.6. The van der Waals surface area contributed by atoms with Gasteiger partial charge in [-0.25, -0.2) is 0 Å². The second-order valence-corrected chi connectivity index (χ2v) is 3.00. The van der Waals surface area contributed by atoms with Gasteiger partial charge in [0, 0.05) is 10.9 Å². The summed E-state index contributed by atoms with van der Waals surface area (Å²) in [6.07, 6.45) is 2.22. The Hall–Kier alpha value is 0.250. The molecule has 1 unspecified atom stereocenters. The van der Waals surface area contributed by atoms with Crippen molar-refractivity contribution in [2.75, 3.05) is 0 Å². The standard InChI is InChI=1S/C5H10ClN/c1-4(6)5(7)2-3-5/h4H,2-3,7H2,1H3. The van der Waals surface area contributed by atoms with Gasteiger partial charge in [0.2, 0.25) is 0 Å². The van der Waals surface area contributed by atoms with Gasteiger partial charge < -0.3 is 5.73 Å². The fraction of sp³-hybridized carbons (Fsp3) is 1.00. The zero-order valence-corrected chi connectivity index (χ0v) is 5.20. The van der Waals surface area contributed by atoms with Crippen molar-refractivity contribution in [1.82, 2.24) is 0 Å². The summed E-state index contributed by atoms with van der Waals surface area (Å²) in [5.74, 6) is 0. The quantitative estimate of drug-likeness (QED) is 0.514. The van der Waals surface area contributed by atoms with Crippen molar-refractivity contribution in [2.45, 2.75) is 30.7 Å². The molecule has 0 amide bonds. The molecule has 2 N–H and O–H groups in total. The molecule has 0 aliphatic heterocycles. The van der Waals surface area contributed by atoms with E-state index in [-0.39, 0.29) is 10.9 Å². The molecule has 0 radical (unpaired) electrons. The molecule has 1 fully saturated rings. The summed E-state index contributed by atoms with van der Waals surface area (Å²) in [5, 5.41) is 0.160. The van der Waals surface area contributed by atoms with Crippen LogP contribution in [0, 0.1) is 0 Å². The molecule has 1 aliphatic carbocycles. The summed E-state index contributed by atoms with van der Waals surface area (Å²) in [6.45, 7) is 1.95. The third kappa shape index (κ3) is 0.892. The molecular weight excluding hydrogens is 110 g/mol. The van der Waals surface area contributed by atoms with Gasteiger partial charge in [0.1, 0.15) is 0 Å². The summed E-state index contributed by atoms with van der Waals surface area (Å²) in [5.41, 5.74) is 5.67. The van der Waals surface area contributed by atoms with E-state index in [4.69, 9.17) is 17.3 Å². The Balaban J connectivity index is 2.39. The van der Waals surface area contributed by atoms with E-state index < -0.39 is 0 Å². The highest BCUT2D eigenvalue weighted by Crippen LogP contribution is 2.37. The lowest BCUT2D eigenvalue weighted by Crippen LogP contribution is -2.30. The molecule has 0 aromatic heterocycles. The molecule has 0 heterocycles. The number of hydrogen-bond acceptors (Lipinski definition) is 1. The van der Waals surface area contributed by atoms with E-state index in [1.807, 2.05) is 6.92 Å². The van der Waals surface area contributed by atoms with Gasteiger partial charge in [-0.15, -0.1) is 11.6 Å². The van der Waals surface area contributed by atoms with Crippen LogP contribution < -0.4 is 5.73 Å². The van der Waals surface area contributed by atoms with Crippen LogP contribution in [-0.4, -0.2) is 10.9 Å². The van der Waals surface area contributed by atoms with Gasteiger partial charge in [0.15, 0.2) is 0 Å². The average molecular weight is 120 g/mol. The van der Waals surface area contributed by atoms with Gasteiger partial charge in [-0.05, 0) is 19.8 Å². The molecular formula is C5H10ClN. The van der Waals surface area contributed by atoms with Crippen molar-refractivity contribution in [3.63, 3.8) is 0 Å². The first kappa shape index (κ1) is 5.39. The van der Waals surface area contributed by atoms with Gasteiger partial charge >= 0.3 is 0 Å². The number of nitrogens with two attached hydrogens (primary N) is 1. The van der Waals surface area contributed by atoms with Crippen LogP contribution in [0.25, 0.3) is 0 Å². The van der Waals surface area contributed by atoms with Crippen LogP contribution >= 0.6 is 11.6 Å². The van der Waals surface area contributed by atoms with E-state index in [1.54, 1.807) is 0 Å². The minimum atomic E-state index is 0.0154. The summed E-state index contributed by atoms with van der Waals surface area (Å²) in [4.78, 5) is 0. The lowest BCUT2D eigenvalue weighted by atomic mass is 10.2. The maximum atomic E-state index is 5.69. The molecule has 1 atom stereocenters. The maximum absolute atomic E-state index is 5.69. The van der Waals surface area contributed by atoms with E-state index in [2.05, 4.69) is 0 Å². The predicted octanol–water partition coefficient (Wildman–Crippen LogP) is 1.10. The van der Waals surface area contributed by atoms with Crippen LogP contribution in [0.2, 0.25) is 0 Å². The first-order valence-electron chi connectivity index (χ1n) is 2.58. The van der Waals surface area contributed by atoms with Crippen molar-refractivity contribution in [3.05, 3.63) is 0 Å².